The van der Waals surface area contributed by atoms with Crippen LogP contribution in [0.5, 0.6) is 0 Å². The zero-order chi connectivity index (χ0) is 19.2. The second-order valence-electron chi connectivity index (χ2n) is 6.99. The van der Waals surface area contributed by atoms with Gasteiger partial charge in [0.25, 0.3) is 5.56 Å². The van der Waals surface area contributed by atoms with Gasteiger partial charge >= 0.3 is 5.69 Å². The van der Waals surface area contributed by atoms with Gasteiger partial charge in [-0.3, -0.25) is 19.1 Å². The number of nitrogens with one attached hydrogen (secondary N) is 2. The van der Waals surface area contributed by atoms with Gasteiger partial charge in [0.15, 0.2) is 0 Å². The highest BCUT2D eigenvalue weighted by atomic mass is 16.2. The molecule has 7 nitrogen and oxygen atoms in total. The number of carbonyl (C=O) groups excluding carboxylic acids is 1. The van der Waals surface area contributed by atoms with Gasteiger partial charge in [0.05, 0.1) is 12.5 Å². The third kappa shape index (κ3) is 4.74. The summed E-state index contributed by atoms with van der Waals surface area (Å²) in [5.74, 6) is -0.225. The van der Waals surface area contributed by atoms with Crippen LogP contribution in [-0.2, 0) is 18.3 Å². The number of nitrogens with zero attached hydrogens (tertiary/aromatic N) is 2. The number of carbonyl (C=O) groups is 1. The lowest BCUT2D eigenvalue weighted by Gasteiger charge is -2.35. The second-order valence-corrected chi connectivity index (χ2v) is 6.99. The third-order valence-electron chi connectivity index (χ3n) is 5.11. The summed E-state index contributed by atoms with van der Waals surface area (Å²) in [5, 5.41) is 2.97. The summed E-state index contributed by atoms with van der Waals surface area (Å²) < 4.78 is 0.975. The summed E-state index contributed by atoms with van der Waals surface area (Å²) >= 11 is 0. The molecule has 1 aromatic carbocycles. The van der Waals surface area contributed by atoms with E-state index in [2.05, 4.69) is 27.3 Å². The Balaban J connectivity index is 1.68. The summed E-state index contributed by atoms with van der Waals surface area (Å²) in [4.78, 5) is 40.8. The van der Waals surface area contributed by atoms with Crippen LogP contribution in [0.3, 0.4) is 0 Å². The first kappa shape index (κ1) is 19.1. The van der Waals surface area contributed by atoms with Crippen molar-refractivity contribution in [1.82, 2.24) is 19.8 Å². The Hall–Kier alpha value is -2.67. The highest BCUT2D eigenvalue weighted by Gasteiger charge is 2.23. The molecule has 2 N–H and O–H groups in total. The van der Waals surface area contributed by atoms with Gasteiger partial charge in [0.1, 0.15) is 0 Å². The van der Waals surface area contributed by atoms with Crippen LogP contribution in [0.15, 0.2) is 46.1 Å². The van der Waals surface area contributed by atoms with Gasteiger partial charge in [-0.05, 0) is 31.5 Å². The van der Waals surface area contributed by atoms with Crippen molar-refractivity contribution in [3.05, 3.63) is 68.5 Å². The lowest BCUT2D eigenvalue weighted by molar-refractivity contribution is -0.120. The molecule has 144 valence electrons. The van der Waals surface area contributed by atoms with E-state index in [1.165, 1.54) is 38.1 Å². The van der Waals surface area contributed by atoms with Crippen molar-refractivity contribution in [1.29, 1.82) is 0 Å². The molecule has 1 atom stereocenters. The zero-order valence-corrected chi connectivity index (χ0v) is 15.6. The predicted octanol–water partition coefficient (Wildman–Crippen LogP) is 0.960. The first-order valence-electron chi connectivity index (χ1n) is 9.39. The van der Waals surface area contributed by atoms with Crippen LogP contribution in [0.25, 0.3) is 0 Å². The lowest BCUT2D eigenvalue weighted by atomic mass is 10.0. The van der Waals surface area contributed by atoms with Crippen molar-refractivity contribution in [2.45, 2.75) is 31.7 Å². The predicted molar refractivity (Wildman–Crippen MR) is 104 cm³/mol. The van der Waals surface area contributed by atoms with E-state index in [4.69, 9.17) is 0 Å². The van der Waals surface area contributed by atoms with Crippen LogP contribution in [0, 0.1) is 0 Å². The molecule has 3 rings (SSSR count). The minimum absolute atomic E-state index is 0.0506. The topological polar surface area (TPSA) is 87.2 Å². The molecule has 0 unspecified atom stereocenters. The fourth-order valence-corrected chi connectivity index (χ4v) is 3.55. The summed E-state index contributed by atoms with van der Waals surface area (Å²) in [5.41, 5.74) is 0.534. The first-order valence-corrected chi connectivity index (χ1v) is 9.39. The highest BCUT2D eigenvalue weighted by Crippen LogP contribution is 2.23. The number of amides is 1. The Morgan fingerprint density at radius 2 is 1.85 bits per heavy atom. The normalized spacial score (nSPS) is 16.0. The summed E-state index contributed by atoms with van der Waals surface area (Å²) in [7, 11) is 1.39. The van der Waals surface area contributed by atoms with Crippen molar-refractivity contribution in [2.24, 2.45) is 7.05 Å². The molecule has 27 heavy (non-hydrogen) atoms. The number of rotatable bonds is 6. The van der Waals surface area contributed by atoms with E-state index < -0.39 is 11.2 Å². The van der Waals surface area contributed by atoms with Crippen molar-refractivity contribution in [2.75, 3.05) is 19.6 Å². The Morgan fingerprint density at radius 3 is 2.56 bits per heavy atom. The molecular formula is C20H26N4O3. The molecule has 2 heterocycles. The molecule has 1 aliphatic rings. The maximum Gasteiger partial charge on any atom is 0.328 e. The minimum atomic E-state index is -0.488. The number of benzene rings is 1. The molecule has 0 spiro atoms. The van der Waals surface area contributed by atoms with Crippen molar-refractivity contribution in [3.8, 4) is 0 Å². The number of aromatic amines is 1. The average molecular weight is 370 g/mol. The van der Waals surface area contributed by atoms with E-state index in [-0.39, 0.29) is 23.9 Å². The van der Waals surface area contributed by atoms with Crippen molar-refractivity contribution >= 4 is 5.91 Å². The smallest absolute Gasteiger partial charge is 0.328 e. The van der Waals surface area contributed by atoms with Crippen LogP contribution >= 0.6 is 0 Å². The quantitative estimate of drug-likeness (QED) is 0.793. The molecule has 1 fully saturated rings. The molecule has 2 aromatic rings. The number of aromatic nitrogens is 2. The van der Waals surface area contributed by atoms with Crippen LogP contribution in [0.2, 0.25) is 0 Å². The Labute approximate surface area is 158 Å². The van der Waals surface area contributed by atoms with E-state index >= 15 is 0 Å². The molecular weight excluding hydrogens is 344 g/mol. The van der Waals surface area contributed by atoms with Gasteiger partial charge in [-0.1, -0.05) is 36.8 Å². The van der Waals surface area contributed by atoms with E-state index in [1.54, 1.807) is 0 Å². The molecule has 1 amide bonds. The maximum atomic E-state index is 12.4. The Morgan fingerprint density at radius 1 is 1.15 bits per heavy atom. The van der Waals surface area contributed by atoms with Crippen LogP contribution < -0.4 is 16.6 Å². The molecule has 7 heteroatoms. The van der Waals surface area contributed by atoms with Gasteiger partial charge < -0.3 is 10.3 Å². The molecule has 1 aliphatic heterocycles. The monoisotopic (exact) mass is 370 g/mol. The van der Waals surface area contributed by atoms with Crippen molar-refractivity contribution in [3.63, 3.8) is 0 Å². The summed E-state index contributed by atoms with van der Waals surface area (Å²) in [6.45, 7) is 2.54. The number of hydrogen-bond donors (Lipinski definition) is 2. The highest BCUT2D eigenvalue weighted by molar-refractivity contribution is 5.78. The van der Waals surface area contributed by atoms with Gasteiger partial charge in [-0.2, -0.15) is 0 Å². The van der Waals surface area contributed by atoms with E-state index in [0.717, 1.165) is 17.7 Å². The summed E-state index contributed by atoms with van der Waals surface area (Å²) in [6, 6.07) is 10.3. The Kier molecular flexibility index (Phi) is 6.24. The standard InChI is InChI=1S/C20H26N4O3/c1-23-19(26)16(13-22-20(23)27)12-18(25)21-14-17(15-8-4-2-5-9-15)24-10-6-3-7-11-24/h2,4-5,8-9,13,17H,3,6-7,10-12,14H2,1H3,(H,21,25)(H,22,27)/t17-/m1/s1. The third-order valence-corrected chi connectivity index (χ3v) is 5.11. The van der Waals surface area contributed by atoms with E-state index in [9.17, 15) is 14.4 Å². The molecule has 0 saturated carbocycles. The van der Waals surface area contributed by atoms with E-state index in [0.29, 0.717) is 6.54 Å². The molecule has 0 radical (unpaired) electrons. The maximum absolute atomic E-state index is 12.4. The number of piperidine rings is 1. The van der Waals surface area contributed by atoms with E-state index in [1.807, 2.05) is 18.2 Å². The van der Waals surface area contributed by atoms with Crippen LogP contribution in [-0.4, -0.2) is 40.0 Å². The van der Waals surface area contributed by atoms with Gasteiger partial charge in [0, 0.05) is 25.4 Å². The van der Waals surface area contributed by atoms with Gasteiger partial charge in [0.2, 0.25) is 5.91 Å². The number of hydrogen-bond acceptors (Lipinski definition) is 4. The van der Waals surface area contributed by atoms with Crippen molar-refractivity contribution < 1.29 is 4.79 Å². The Bertz CT molecular complexity index is 882. The molecule has 0 aliphatic carbocycles. The SMILES string of the molecule is Cn1c(=O)[nH]cc(CC(=O)NC[C@H](c2ccccc2)N2CCCCC2)c1=O. The lowest BCUT2D eigenvalue weighted by Crippen LogP contribution is -2.42. The number of likely N-dealkylation sites (tertiary alicyclic amines) is 1. The first-order chi connectivity index (χ1) is 13.1. The fraction of sp³-hybridized carbons (Fsp3) is 0.450. The number of H-pyrrole nitrogens is 1. The fourth-order valence-electron chi connectivity index (χ4n) is 3.55. The molecule has 0 bridgehead atoms. The molecule has 1 aromatic heterocycles. The second kappa shape index (κ2) is 8.81. The van der Waals surface area contributed by atoms with Crippen LogP contribution in [0.1, 0.15) is 36.4 Å². The van der Waals surface area contributed by atoms with Crippen LogP contribution in [0.4, 0.5) is 0 Å². The molecule has 1 saturated heterocycles. The van der Waals surface area contributed by atoms with Gasteiger partial charge in [-0.15, -0.1) is 0 Å². The summed E-state index contributed by atoms with van der Waals surface area (Å²) in [6.07, 6.45) is 4.86. The van der Waals surface area contributed by atoms with Gasteiger partial charge in [-0.25, -0.2) is 4.79 Å². The average Bonchev–Trinajstić information content (AvgIpc) is 2.70. The largest absolute Gasteiger partial charge is 0.354 e. The zero-order valence-electron chi connectivity index (χ0n) is 15.6. The minimum Gasteiger partial charge on any atom is -0.354 e.